The molecule has 1 aliphatic heterocycles. The predicted octanol–water partition coefficient (Wildman–Crippen LogP) is 4.99. The molecule has 0 spiro atoms. The molecule has 12 heteroatoms. The molecule has 218 valence electrons. The van der Waals surface area contributed by atoms with E-state index in [9.17, 15) is 23.6 Å². The molecule has 0 saturated carbocycles. The zero-order chi connectivity index (χ0) is 30.2. The van der Waals surface area contributed by atoms with Crippen molar-refractivity contribution in [2.24, 2.45) is 0 Å². The smallest absolute Gasteiger partial charge is 0.329 e. The van der Waals surface area contributed by atoms with Gasteiger partial charge >= 0.3 is 6.03 Å². The molecule has 1 saturated heterocycles. The second-order valence-electron chi connectivity index (χ2n) is 9.05. The fraction of sp³-hybridized carbons (Fsp3) is 0.200. The van der Waals surface area contributed by atoms with Crippen molar-refractivity contribution in [3.05, 3.63) is 88.3 Å². The molecule has 10 nitrogen and oxygen atoms in total. The van der Waals surface area contributed by atoms with Crippen molar-refractivity contribution in [2.45, 2.75) is 20.3 Å². The number of imide groups is 1. The lowest BCUT2D eigenvalue weighted by atomic mass is 10.1. The quantitative estimate of drug-likeness (QED) is 0.212. The SMILES string of the molecule is CCOc1cc(/C=C2/NC(=O)N(CC(=O)Nc3ccccc3CC)C2=O)cc(Cl)c1OCC(=O)Nc1ccc(F)cc1. The van der Waals surface area contributed by atoms with Gasteiger partial charge in [0.15, 0.2) is 18.1 Å². The summed E-state index contributed by atoms with van der Waals surface area (Å²) in [5.41, 5.74) is 2.27. The Morgan fingerprint density at radius 2 is 1.74 bits per heavy atom. The minimum atomic E-state index is -0.742. The molecular weight excluding hydrogens is 567 g/mol. The predicted molar refractivity (Wildman–Crippen MR) is 156 cm³/mol. The van der Waals surface area contributed by atoms with Gasteiger partial charge in [-0.05, 0) is 73.0 Å². The van der Waals surface area contributed by atoms with Gasteiger partial charge in [-0.3, -0.25) is 14.4 Å². The minimum Gasteiger partial charge on any atom is -0.490 e. The number of halogens is 2. The van der Waals surface area contributed by atoms with Crippen molar-refractivity contribution in [3.63, 3.8) is 0 Å². The van der Waals surface area contributed by atoms with E-state index in [0.717, 1.165) is 10.5 Å². The third kappa shape index (κ3) is 7.43. The fourth-order valence-corrected chi connectivity index (χ4v) is 4.38. The van der Waals surface area contributed by atoms with E-state index in [0.29, 0.717) is 23.4 Å². The Morgan fingerprint density at radius 1 is 1.00 bits per heavy atom. The molecule has 0 atom stereocenters. The van der Waals surface area contributed by atoms with Crippen LogP contribution in [0.25, 0.3) is 6.08 Å². The van der Waals surface area contributed by atoms with Gasteiger partial charge < -0.3 is 25.4 Å². The lowest BCUT2D eigenvalue weighted by molar-refractivity contribution is -0.127. The van der Waals surface area contributed by atoms with Crippen LogP contribution in [0.2, 0.25) is 5.02 Å². The molecule has 0 aliphatic carbocycles. The summed E-state index contributed by atoms with van der Waals surface area (Å²) in [4.78, 5) is 51.3. The second kappa shape index (κ2) is 13.6. The maximum absolute atomic E-state index is 13.1. The Kier molecular flexibility index (Phi) is 9.77. The van der Waals surface area contributed by atoms with Crippen LogP contribution < -0.4 is 25.4 Å². The molecule has 0 unspecified atom stereocenters. The van der Waals surface area contributed by atoms with Crippen molar-refractivity contribution < 1.29 is 33.0 Å². The Bertz CT molecular complexity index is 1540. The first-order valence-corrected chi connectivity index (χ1v) is 13.4. The van der Waals surface area contributed by atoms with Gasteiger partial charge in [-0.25, -0.2) is 14.1 Å². The minimum absolute atomic E-state index is 0.0624. The van der Waals surface area contributed by atoms with Crippen molar-refractivity contribution >= 4 is 52.8 Å². The average Bonchev–Trinajstić information content (AvgIpc) is 3.21. The molecular formula is C30H28ClFN4O6. The number of rotatable bonds is 11. The summed E-state index contributed by atoms with van der Waals surface area (Å²) in [7, 11) is 0. The molecule has 0 aromatic heterocycles. The van der Waals surface area contributed by atoms with Crippen LogP contribution in [-0.2, 0) is 20.8 Å². The standard InChI is InChI=1S/C30H28ClFN4O6/c1-3-19-7-5-6-8-23(19)34-26(37)16-36-29(39)24(35-30(36)40)14-18-13-22(31)28(25(15-18)41-4-2)42-17-27(38)33-21-11-9-20(32)10-12-21/h5-15H,3-4,16-17H2,1-2H3,(H,33,38)(H,34,37)(H,35,40)/b24-14+. The molecule has 5 amide bonds. The molecule has 1 heterocycles. The number of anilines is 2. The number of amides is 5. The fourth-order valence-electron chi connectivity index (χ4n) is 4.11. The maximum atomic E-state index is 13.1. The summed E-state index contributed by atoms with van der Waals surface area (Å²) in [5, 5.41) is 7.88. The topological polar surface area (TPSA) is 126 Å². The first-order valence-electron chi connectivity index (χ1n) is 13.0. The Morgan fingerprint density at radius 3 is 2.45 bits per heavy atom. The van der Waals surface area contributed by atoms with Crippen LogP contribution >= 0.6 is 11.6 Å². The van der Waals surface area contributed by atoms with Gasteiger partial charge in [0.05, 0.1) is 11.6 Å². The first kappa shape index (κ1) is 30.1. The summed E-state index contributed by atoms with van der Waals surface area (Å²) in [6, 6.07) is 14.8. The number of nitrogens with zero attached hydrogens (tertiary/aromatic N) is 1. The van der Waals surface area contributed by atoms with E-state index >= 15 is 0 Å². The van der Waals surface area contributed by atoms with Crippen molar-refractivity contribution in [1.82, 2.24) is 10.2 Å². The number of aryl methyl sites for hydroxylation is 1. The number of ether oxygens (including phenoxy) is 2. The highest BCUT2D eigenvalue weighted by molar-refractivity contribution is 6.32. The average molecular weight is 595 g/mol. The lowest BCUT2D eigenvalue weighted by Gasteiger charge is -2.15. The van der Waals surface area contributed by atoms with Crippen molar-refractivity contribution in [2.75, 3.05) is 30.4 Å². The van der Waals surface area contributed by atoms with Crippen LogP contribution in [-0.4, -0.2) is 48.4 Å². The highest BCUT2D eigenvalue weighted by atomic mass is 35.5. The van der Waals surface area contributed by atoms with Crippen molar-refractivity contribution in [1.29, 1.82) is 0 Å². The Labute approximate surface area is 246 Å². The molecule has 42 heavy (non-hydrogen) atoms. The first-order chi connectivity index (χ1) is 20.2. The number of carbonyl (C=O) groups is 4. The van der Waals surface area contributed by atoms with Gasteiger partial charge in [0.1, 0.15) is 18.1 Å². The van der Waals surface area contributed by atoms with Gasteiger partial charge in [0.2, 0.25) is 5.91 Å². The van der Waals surface area contributed by atoms with E-state index in [2.05, 4.69) is 16.0 Å². The summed E-state index contributed by atoms with van der Waals surface area (Å²) < 4.78 is 24.3. The molecule has 0 radical (unpaired) electrons. The largest absolute Gasteiger partial charge is 0.490 e. The molecule has 1 aliphatic rings. The van der Waals surface area contributed by atoms with E-state index in [4.69, 9.17) is 21.1 Å². The van der Waals surface area contributed by atoms with Gasteiger partial charge in [-0.2, -0.15) is 0 Å². The third-order valence-electron chi connectivity index (χ3n) is 6.05. The number of para-hydroxylation sites is 1. The molecule has 3 aromatic rings. The van der Waals surface area contributed by atoms with Crippen molar-refractivity contribution in [3.8, 4) is 11.5 Å². The van der Waals surface area contributed by atoms with E-state index in [-0.39, 0.29) is 28.8 Å². The molecule has 4 rings (SSSR count). The zero-order valence-corrected chi connectivity index (χ0v) is 23.6. The van der Waals surface area contributed by atoms with Crippen LogP contribution in [0.5, 0.6) is 11.5 Å². The van der Waals surface area contributed by atoms with Gasteiger partial charge in [0.25, 0.3) is 11.8 Å². The van der Waals surface area contributed by atoms with Gasteiger partial charge in [0, 0.05) is 11.4 Å². The molecule has 3 aromatic carbocycles. The Balaban J connectivity index is 1.44. The van der Waals surface area contributed by atoms with Crippen LogP contribution in [0.4, 0.5) is 20.6 Å². The lowest BCUT2D eigenvalue weighted by Crippen LogP contribution is -2.38. The van der Waals surface area contributed by atoms with E-state index in [1.165, 1.54) is 42.5 Å². The van der Waals surface area contributed by atoms with Crippen LogP contribution in [0, 0.1) is 5.82 Å². The number of urea groups is 1. The van der Waals surface area contributed by atoms with Crippen LogP contribution in [0.15, 0.2) is 66.4 Å². The normalized spacial score (nSPS) is 13.6. The molecule has 1 fully saturated rings. The maximum Gasteiger partial charge on any atom is 0.329 e. The summed E-state index contributed by atoms with van der Waals surface area (Å²) in [6.07, 6.45) is 2.09. The summed E-state index contributed by atoms with van der Waals surface area (Å²) >= 11 is 6.44. The monoisotopic (exact) mass is 594 g/mol. The van der Waals surface area contributed by atoms with Gasteiger partial charge in [-0.15, -0.1) is 0 Å². The second-order valence-corrected chi connectivity index (χ2v) is 9.45. The number of hydrogen-bond donors (Lipinski definition) is 3. The third-order valence-corrected chi connectivity index (χ3v) is 6.34. The van der Waals surface area contributed by atoms with Crippen LogP contribution in [0.3, 0.4) is 0 Å². The van der Waals surface area contributed by atoms with Gasteiger partial charge in [-0.1, -0.05) is 36.7 Å². The Hall–Kier alpha value is -4.90. The number of benzene rings is 3. The highest BCUT2D eigenvalue weighted by Gasteiger charge is 2.35. The number of carbonyl (C=O) groups excluding carboxylic acids is 4. The molecule has 0 bridgehead atoms. The summed E-state index contributed by atoms with van der Waals surface area (Å²) in [6.45, 7) is 3.05. The number of nitrogens with one attached hydrogen (secondary N) is 3. The summed E-state index contributed by atoms with van der Waals surface area (Å²) in [5.74, 6) is -1.85. The number of hydrogen-bond acceptors (Lipinski definition) is 6. The zero-order valence-electron chi connectivity index (χ0n) is 22.8. The molecule has 3 N–H and O–H groups in total. The highest BCUT2D eigenvalue weighted by Crippen LogP contribution is 2.37. The van der Waals surface area contributed by atoms with E-state index < -0.39 is 42.7 Å². The van der Waals surface area contributed by atoms with E-state index in [1.54, 1.807) is 19.1 Å². The van der Waals surface area contributed by atoms with E-state index in [1.807, 2.05) is 19.1 Å². The van der Waals surface area contributed by atoms with Crippen LogP contribution in [0.1, 0.15) is 25.0 Å².